The van der Waals surface area contributed by atoms with Gasteiger partial charge in [-0.1, -0.05) is 377 Å². The van der Waals surface area contributed by atoms with Crippen LogP contribution in [0.2, 0.25) is 0 Å². The topological polar surface area (TPSA) is 95.9 Å². The van der Waals surface area contributed by atoms with Gasteiger partial charge in [0.15, 0.2) is 0 Å². The Morgan fingerprint density at radius 3 is 0.908 bits per heavy atom. The summed E-state index contributed by atoms with van der Waals surface area (Å²) in [4.78, 5) is 24.6. The van der Waals surface area contributed by atoms with Crippen LogP contribution in [0.15, 0.2) is 48.6 Å². The number of aliphatic hydroxyl groups is 2. The predicted molar refractivity (Wildman–Crippen MR) is 384 cm³/mol. The van der Waals surface area contributed by atoms with Crippen molar-refractivity contribution in [3.05, 3.63) is 48.6 Å². The molecule has 0 aromatic rings. The summed E-state index contributed by atoms with van der Waals surface area (Å²) >= 11 is 0. The Labute approximate surface area is 544 Å². The van der Waals surface area contributed by atoms with E-state index in [4.69, 9.17) is 4.74 Å². The number of aliphatic hydroxyl groups excluding tert-OH is 2. The summed E-state index contributed by atoms with van der Waals surface area (Å²) in [5.41, 5.74) is 0. The van der Waals surface area contributed by atoms with Gasteiger partial charge in [0, 0.05) is 12.8 Å². The minimum Gasteiger partial charge on any atom is -0.466 e. The van der Waals surface area contributed by atoms with Crippen molar-refractivity contribution in [1.29, 1.82) is 0 Å². The van der Waals surface area contributed by atoms with E-state index in [0.717, 1.165) is 51.4 Å². The van der Waals surface area contributed by atoms with Crippen LogP contribution >= 0.6 is 0 Å². The Morgan fingerprint density at radius 2 is 0.575 bits per heavy atom. The summed E-state index contributed by atoms with van der Waals surface area (Å²) < 4.78 is 5.49. The molecule has 512 valence electrons. The van der Waals surface area contributed by atoms with Gasteiger partial charge in [-0.15, -0.1) is 0 Å². The highest BCUT2D eigenvalue weighted by Gasteiger charge is 2.18. The lowest BCUT2D eigenvalue weighted by Gasteiger charge is -2.20. The number of ether oxygens (including phenoxy) is 1. The molecule has 0 aromatic carbocycles. The zero-order valence-electron chi connectivity index (χ0n) is 58.8. The van der Waals surface area contributed by atoms with Gasteiger partial charge in [-0.25, -0.2) is 0 Å². The number of amides is 1. The highest BCUT2D eigenvalue weighted by Crippen LogP contribution is 2.19. The second-order valence-corrected chi connectivity index (χ2v) is 27.0. The first kappa shape index (κ1) is 84.8. The average Bonchev–Trinajstić information content (AvgIpc) is 3.52. The number of hydrogen-bond acceptors (Lipinski definition) is 5. The number of nitrogens with one attached hydrogen (secondary N) is 1. The number of allylic oxidation sites excluding steroid dienone is 7. The number of esters is 1. The average molecular weight is 1220 g/mol. The van der Waals surface area contributed by atoms with Crippen molar-refractivity contribution in [2.24, 2.45) is 0 Å². The van der Waals surface area contributed by atoms with Crippen molar-refractivity contribution in [3.63, 3.8) is 0 Å². The summed E-state index contributed by atoms with van der Waals surface area (Å²) in [6.45, 7) is 4.91. The molecular weight excluding hydrogens is 1070 g/mol. The molecule has 0 saturated carbocycles. The molecule has 6 heteroatoms. The van der Waals surface area contributed by atoms with E-state index in [9.17, 15) is 19.8 Å². The molecule has 1 amide bonds. The van der Waals surface area contributed by atoms with Gasteiger partial charge in [-0.2, -0.15) is 0 Å². The minimum atomic E-state index is -0.846. The number of unbranched alkanes of at least 4 members (excludes halogenated alkanes) is 57. The maximum Gasteiger partial charge on any atom is 0.305 e. The largest absolute Gasteiger partial charge is 0.466 e. The first-order valence-corrected chi connectivity index (χ1v) is 39.4. The van der Waals surface area contributed by atoms with Crippen LogP contribution in [0.4, 0.5) is 0 Å². The van der Waals surface area contributed by atoms with Gasteiger partial charge in [0.05, 0.1) is 25.4 Å². The van der Waals surface area contributed by atoms with E-state index in [-0.39, 0.29) is 18.5 Å². The number of rotatable bonds is 74. The maximum atomic E-state index is 12.6. The first-order chi connectivity index (χ1) is 43.0. The molecular formula is C81H153NO5. The molecule has 6 nitrogen and oxygen atoms in total. The first-order valence-electron chi connectivity index (χ1n) is 39.4. The van der Waals surface area contributed by atoms with E-state index in [1.54, 1.807) is 6.08 Å². The molecule has 2 atom stereocenters. The fourth-order valence-corrected chi connectivity index (χ4v) is 12.3. The molecule has 0 radical (unpaired) electrons. The lowest BCUT2D eigenvalue weighted by molar-refractivity contribution is -0.143. The van der Waals surface area contributed by atoms with Crippen LogP contribution in [0, 0.1) is 0 Å². The summed E-state index contributed by atoms with van der Waals surface area (Å²) in [6, 6.07) is -0.629. The van der Waals surface area contributed by atoms with Crippen LogP contribution in [0.25, 0.3) is 0 Å². The summed E-state index contributed by atoms with van der Waals surface area (Å²) in [5, 5.41) is 23.3. The van der Waals surface area contributed by atoms with Crippen LogP contribution in [0.5, 0.6) is 0 Å². The molecule has 0 bridgehead atoms. The van der Waals surface area contributed by atoms with Crippen LogP contribution < -0.4 is 5.32 Å². The standard InChI is InChI=1S/C81H153NO5/c1-3-5-7-9-11-13-15-17-19-20-21-22-23-30-33-36-39-42-46-49-53-57-61-65-69-73-79(84)78(77-83)82-80(85)74-70-66-62-58-54-50-47-43-40-37-34-31-28-26-24-25-27-29-32-35-38-41-44-48-52-56-60-64-68-72-76-87-81(86)75-71-67-63-59-55-51-45-18-16-14-12-10-8-6-4-2/h12,14,18,25,27,45,69,73,78-79,83-84H,3-11,13,15-17,19-24,26,28-44,46-68,70-72,74-77H2,1-2H3,(H,82,85)/b14-12-,27-25-,45-18-,73-69+. The quantitative estimate of drug-likeness (QED) is 0.0320. The molecule has 0 spiro atoms. The van der Waals surface area contributed by atoms with E-state index < -0.39 is 12.1 Å². The zero-order valence-corrected chi connectivity index (χ0v) is 58.8. The van der Waals surface area contributed by atoms with E-state index in [2.05, 4.69) is 55.6 Å². The van der Waals surface area contributed by atoms with E-state index in [1.807, 2.05) is 6.08 Å². The SMILES string of the molecule is CCCCC/C=C\C/C=C\CCCCCCCC(=O)OCCCCCCCCCCCCCC/C=C\CCCCCCCCCCCCCCCCC(=O)NC(CO)C(O)/C=C/CCCCCCCCCCCCCCCCCCCCCCCCC. The Bertz CT molecular complexity index is 1450. The van der Waals surface area contributed by atoms with E-state index in [0.29, 0.717) is 19.4 Å². The van der Waals surface area contributed by atoms with Gasteiger partial charge < -0.3 is 20.3 Å². The summed E-state index contributed by atoms with van der Waals surface area (Å²) in [7, 11) is 0. The third kappa shape index (κ3) is 72.8. The highest BCUT2D eigenvalue weighted by atomic mass is 16.5. The summed E-state index contributed by atoms with van der Waals surface area (Å²) in [6.07, 6.45) is 101. The van der Waals surface area contributed by atoms with Gasteiger partial charge in [0.25, 0.3) is 0 Å². The molecule has 0 fully saturated rings. The normalized spacial score (nSPS) is 12.7. The second-order valence-electron chi connectivity index (χ2n) is 27.0. The molecule has 87 heavy (non-hydrogen) atoms. The van der Waals surface area contributed by atoms with Crippen LogP contribution in [0.1, 0.15) is 431 Å². The monoisotopic (exact) mass is 1220 g/mol. The van der Waals surface area contributed by atoms with Crippen LogP contribution in [-0.4, -0.2) is 47.4 Å². The third-order valence-corrected chi connectivity index (χ3v) is 18.3. The summed E-state index contributed by atoms with van der Waals surface area (Å²) in [5.74, 6) is -0.0588. The Hall–Kier alpha value is -2.18. The fraction of sp³-hybridized carbons (Fsp3) is 0.877. The Balaban J connectivity index is 3.40. The fourth-order valence-electron chi connectivity index (χ4n) is 12.3. The van der Waals surface area contributed by atoms with E-state index in [1.165, 1.54) is 353 Å². The molecule has 0 rings (SSSR count). The lowest BCUT2D eigenvalue weighted by Crippen LogP contribution is -2.45. The van der Waals surface area contributed by atoms with Crippen molar-refractivity contribution in [3.8, 4) is 0 Å². The molecule has 3 N–H and O–H groups in total. The lowest BCUT2D eigenvalue weighted by atomic mass is 10.0. The van der Waals surface area contributed by atoms with E-state index >= 15 is 0 Å². The van der Waals surface area contributed by atoms with Gasteiger partial charge >= 0.3 is 5.97 Å². The molecule has 0 aliphatic rings. The second kappa shape index (κ2) is 76.3. The van der Waals surface area contributed by atoms with Gasteiger partial charge in [0.1, 0.15) is 0 Å². The van der Waals surface area contributed by atoms with Gasteiger partial charge in [-0.05, 0) is 89.9 Å². The minimum absolute atomic E-state index is 0.00321. The van der Waals surface area contributed by atoms with Crippen molar-refractivity contribution < 1.29 is 24.5 Å². The van der Waals surface area contributed by atoms with Crippen molar-refractivity contribution in [2.45, 2.75) is 443 Å². The van der Waals surface area contributed by atoms with Crippen molar-refractivity contribution in [1.82, 2.24) is 5.32 Å². The Kier molecular flexibility index (Phi) is 74.4. The molecule has 0 aromatic heterocycles. The molecule has 0 saturated heterocycles. The van der Waals surface area contributed by atoms with Gasteiger partial charge in [-0.3, -0.25) is 9.59 Å². The van der Waals surface area contributed by atoms with Gasteiger partial charge in [0.2, 0.25) is 5.91 Å². The molecule has 2 unspecified atom stereocenters. The smallest absolute Gasteiger partial charge is 0.305 e. The Morgan fingerprint density at radius 1 is 0.322 bits per heavy atom. The third-order valence-electron chi connectivity index (χ3n) is 18.3. The van der Waals surface area contributed by atoms with Crippen LogP contribution in [-0.2, 0) is 14.3 Å². The maximum absolute atomic E-state index is 12.6. The zero-order chi connectivity index (χ0) is 62.8. The van der Waals surface area contributed by atoms with Crippen LogP contribution in [0.3, 0.4) is 0 Å². The molecule has 0 aliphatic heterocycles. The number of hydrogen-bond donors (Lipinski definition) is 3. The highest BCUT2D eigenvalue weighted by molar-refractivity contribution is 5.76. The molecule has 0 aliphatic carbocycles. The predicted octanol–water partition coefficient (Wildman–Crippen LogP) is 26.0. The number of carbonyl (C=O) groups is 2. The number of carbonyl (C=O) groups excluding carboxylic acids is 2. The van der Waals surface area contributed by atoms with Crippen molar-refractivity contribution >= 4 is 11.9 Å². The van der Waals surface area contributed by atoms with Crippen molar-refractivity contribution in [2.75, 3.05) is 13.2 Å². The molecule has 0 heterocycles.